The van der Waals surface area contributed by atoms with Gasteiger partial charge in [0.25, 0.3) is 0 Å². The van der Waals surface area contributed by atoms with Crippen LogP contribution in [0.3, 0.4) is 0 Å². The van der Waals surface area contributed by atoms with Crippen molar-refractivity contribution in [3.63, 3.8) is 0 Å². The number of unbranched alkanes of at least 4 members (excludes halogenated alkanes) is 22. The standard InChI is InChI=1S/C48H102N2O4P2/c1-7-13-19-23-27-31-43-55(51,44-32-28-24-20-14-8-2)47-49(35-17-11-5)37-39-53-41-42-54-40-38-50(36-18-12-6)48-56(52,45-33-29-25-21-15-9-3)46-34-30-26-22-16-10-4/h7-48H2,1-6H3. The average molecular weight is 833 g/mol. The molecule has 338 valence electrons. The molecule has 0 atom stereocenters. The molecule has 0 N–H and O–H groups in total. The number of rotatable bonds is 47. The predicted molar refractivity (Wildman–Crippen MR) is 253 cm³/mol. The summed E-state index contributed by atoms with van der Waals surface area (Å²) in [6.45, 7) is 19.9. The lowest BCUT2D eigenvalue weighted by molar-refractivity contribution is 0.0336. The highest BCUT2D eigenvalue weighted by Gasteiger charge is 2.26. The highest BCUT2D eigenvalue weighted by molar-refractivity contribution is 7.64. The van der Waals surface area contributed by atoms with Gasteiger partial charge in [-0.2, -0.15) is 0 Å². The number of hydrogen-bond acceptors (Lipinski definition) is 6. The van der Waals surface area contributed by atoms with Crippen molar-refractivity contribution >= 4 is 14.3 Å². The molecular formula is C48H102N2O4P2. The van der Waals surface area contributed by atoms with Crippen LogP contribution >= 0.6 is 14.3 Å². The van der Waals surface area contributed by atoms with E-state index >= 15 is 0 Å². The molecule has 0 aromatic rings. The normalized spacial score (nSPS) is 12.5. The average Bonchev–Trinajstić information content (AvgIpc) is 3.19. The fourth-order valence-electron chi connectivity index (χ4n) is 7.94. The van der Waals surface area contributed by atoms with E-state index in [0.29, 0.717) is 26.4 Å². The highest BCUT2D eigenvalue weighted by Crippen LogP contribution is 2.49. The van der Waals surface area contributed by atoms with E-state index in [1.54, 1.807) is 0 Å². The molecule has 0 spiro atoms. The zero-order valence-corrected chi connectivity index (χ0v) is 40.9. The van der Waals surface area contributed by atoms with Crippen molar-refractivity contribution in [1.29, 1.82) is 0 Å². The Balaban J connectivity index is 4.98. The van der Waals surface area contributed by atoms with E-state index < -0.39 is 14.3 Å². The van der Waals surface area contributed by atoms with Crippen molar-refractivity contribution in [1.82, 2.24) is 9.80 Å². The first-order chi connectivity index (χ1) is 27.3. The van der Waals surface area contributed by atoms with Crippen LogP contribution in [0.1, 0.15) is 221 Å². The molecule has 0 aliphatic heterocycles. The molecule has 0 amide bonds. The minimum Gasteiger partial charge on any atom is -0.378 e. The Labute approximate surface area is 352 Å². The third-order valence-corrected chi connectivity index (χ3v) is 18.1. The molecule has 0 saturated heterocycles. The summed E-state index contributed by atoms with van der Waals surface area (Å²) < 4.78 is 41.2. The van der Waals surface area contributed by atoms with Gasteiger partial charge >= 0.3 is 0 Å². The third-order valence-electron chi connectivity index (χ3n) is 11.7. The lowest BCUT2D eigenvalue weighted by Crippen LogP contribution is -2.32. The van der Waals surface area contributed by atoms with E-state index in [4.69, 9.17) is 9.47 Å². The van der Waals surface area contributed by atoms with Crippen molar-refractivity contribution in [3.05, 3.63) is 0 Å². The van der Waals surface area contributed by atoms with Crippen LogP contribution in [-0.2, 0) is 18.6 Å². The van der Waals surface area contributed by atoms with Crippen molar-refractivity contribution in [2.45, 2.75) is 221 Å². The number of hydrogen-bond donors (Lipinski definition) is 0. The van der Waals surface area contributed by atoms with Gasteiger partial charge < -0.3 is 18.6 Å². The van der Waals surface area contributed by atoms with Gasteiger partial charge in [0.05, 0.1) is 39.0 Å². The van der Waals surface area contributed by atoms with Crippen LogP contribution < -0.4 is 0 Å². The van der Waals surface area contributed by atoms with Gasteiger partial charge in [-0.1, -0.05) is 183 Å². The van der Waals surface area contributed by atoms with Crippen LogP contribution in [0.2, 0.25) is 0 Å². The zero-order chi connectivity index (χ0) is 41.3. The second-order valence-corrected chi connectivity index (χ2v) is 24.1. The summed E-state index contributed by atoms with van der Waals surface area (Å²) >= 11 is 0. The Kier molecular flexibility index (Phi) is 42.2. The Bertz CT molecular complexity index is 781. The maximum atomic E-state index is 14.5. The summed E-state index contributed by atoms with van der Waals surface area (Å²) in [5.74, 6) is 0. The molecule has 56 heavy (non-hydrogen) atoms. The molecule has 0 aromatic heterocycles. The van der Waals surface area contributed by atoms with Crippen LogP contribution in [-0.4, -0.2) is 99.6 Å². The second-order valence-electron chi connectivity index (χ2n) is 17.5. The van der Waals surface area contributed by atoms with Crippen LogP contribution in [0, 0.1) is 0 Å². The summed E-state index contributed by atoms with van der Waals surface area (Å²) in [4.78, 5) is 4.94. The SMILES string of the molecule is CCCCCCCCP(=O)(CCCCCCCC)CN(CCCC)CCOCCOCCN(CCCC)CP(=O)(CCCCCCCC)CCCCCCCC. The fraction of sp³-hybridized carbons (Fsp3) is 1.00. The molecule has 0 heterocycles. The molecule has 6 nitrogen and oxygen atoms in total. The van der Waals surface area contributed by atoms with E-state index in [0.717, 1.165) is 115 Å². The van der Waals surface area contributed by atoms with Crippen LogP contribution in [0.25, 0.3) is 0 Å². The molecule has 0 aliphatic carbocycles. The Hall–Kier alpha value is 0.300. The van der Waals surface area contributed by atoms with Crippen LogP contribution in [0.15, 0.2) is 0 Å². The van der Waals surface area contributed by atoms with Gasteiger partial charge in [0.1, 0.15) is 14.3 Å². The Morgan fingerprint density at radius 1 is 0.304 bits per heavy atom. The van der Waals surface area contributed by atoms with Gasteiger partial charge in [0, 0.05) is 37.7 Å². The van der Waals surface area contributed by atoms with Crippen molar-refractivity contribution in [3.8, 4) is 0 Å². The number of nitrogens with zero attached hydrogens (tertiary/aromatic N) is 2. The quantitative estimate of drug-likeness (QED) is 0.0450. The van der Waals surface area contributed by atoms with Crippen LogP contribution in [0.5, 0.6) is 0 Å². The molecule has 0 saturated carbocycles. The first-order valence-corrected chi connectivity index (χ1v) is 29.6. The van der Waals surface area contributed by atoms with E-state index in [-0.39, 0.29) is 0 Å². The minimum atomic E-state index is -2.23. The minimum absolute atomic E-state index is 0.596. The molecule has 0 radical (unpaired) electrons. The van der Waals surface area contributed by atoms with E-state index in [1.807, 2.05) is 0 Å². The maximum Gasteiger partial charge on any atom is 0.101 e. The summed E-state index contributed by atoms with van der Waals surface area (Å²) in [6, 6.07) is 0. The topological polar surface area (TPSA) is 59.1 Å². The van der Waals surface area contributed by atoms with Crippen molar-refractivity contribution in [2.24, 2.45) is 0 Å². The predicted octanol–water partition coefficient (Wildman–Crippen LogP) is 15.3. The Morgan fingerprint density at radius 3 is 0.821 bits per heavy atom. The maximum absolute atomic E-state index is 14.5. The van der Waals surface area contributed by atoms with Crippen molar-refractivity contribution < 1.29 is 18.6 Å². The molecular weight excluding hydrogens is 730 g/mol. The zero-order valence-electron chi connectivity index (χ0n) is 39.1. The van der Waals surface area contributed by atoms with Gasteiger partial charge in [-0.25, -0.2) is 0 Å². The lowest BCUT2D eigenvalue weighted by atomic mass is 10.1. The number of ether oxygens (including phenoxy) is 2. The second kappa shape index (κ2) is 42.0. The molecule has 0 rings (SSSR count). The highest BCUT2D eigenvalue weighted by atomic mass is 31.2. The molecule has 0 fully saturated rings. The van der Waals surface area contributed by atoms with E-state index in [9.17, 15) is 9.13 Å². The summed E-state index contributed by atoms with van der Waals surface area (Å²) in [7, 11) is -4.47. The van der Waals surface area contributed by atoms with Crippen molar-refractivity contribution in [2.75, 3.05) is 89.8 Å². The van der Waals surface area contributed by atoms with Gasteiger partial charge in [0.15, 0.2) is 0 Å². The summed E-state index contributed by atoms with van der Waals surface area (Å²) in [5.41, 5.74) is 0. The molecule has 0 unspecified atom stereocenters. The fourth-order valence-corrected chi connectivity index (χ4v) is 14.2. The molecule has 0 bridgehead atoms. The van der Waals surface area contributed by atoms with Gasteiger partial charge in [-0.05, 0) is 51.6 Å². The first kappa shape index (κ1) is 56.3. The van der Waals surface area contributed by atoms with E-state index in [1.165, 1.54) is 128 Å². The smallest absolute Gasteiger partial charge is 0.101 e. The summed E-state index contributed by atoms with van der Waals surface area (Å²) in [5, 5.41) is 0. The summed E-state index contributed by atoms with van der Waals surface area (Å²) in [6.07, 6.45) is 40.1. The van der Waals surface area contributed by atoms with Crippen LogP contribution in [0.4, 0.5) is 0 Å². The van der Waals surface area contributed by atoms with E-state index in [2.05, 4.69) is 51.3 Å². The van der Waals surface area contributed by atoms with Gasteiger partial charge in [0.2, 0.25) is 0 Å². The lowest BCUT2D eigenvalue weighted by Gasteiger charge is -2.28. The van der Waals surface area contributed by atoms with Gasteiger partial charge in [-0.3, -0.25) is 9.80 Å². The third kappa shape index (κ3) is 36.2. The molecule has 0 aromatic carbocycles. The molecule has 8 heteroatoms. The first-order valence-electron chi connectivity index (χ1n) is 25.1. The Morgan fingerprint density at radius 2 is 0.554 bits per heavy atom. The van der Waals surface area contributed by atoms with Gasteiger partial charge in [-0.15, -0.1) is 0 Å². The molecule has 0 aliphatic rings. The monoisotopic (exact) mass is 833 g/mol. The largest absolute Gasteiger partial charge is 0.378 e.